The van der Waals surface area contributed by atoms with Gasteiger partial charge in [0.25, 0.3) is 0 Å². The summed E-state index contributed by atoms with van der Waals surface area (Å²) in [6.07, 6.45) is 3.63. The molecule has 1 aromatic carbocycles. The minimum Gasteiger partial charge on any atom is -0.494 e. The van der Waals surface area contributed by atoms with Crippen molar-refractivity contribution in [3.63, 3.8) is 0 Å². The van der Waals surface area contributed by atoms with Crippen LogP contribution in [-0.2, 0) is 4.79 Å². The third-order valence-corrected chi connectivity index (χ3v) is 4.02. The normalized spacial score (nSPS) is 13.9. The summed E-state index contributed by atoms with van der Waals surface area (Å²) in [5.41, 5.74) is 0. The first kappa shape index (κ1) is 22.5. The Morgan fingerprint density at radius 3 is 2.62 bits per heavy atom. The zero-order chi connectivity index (χ0) is 17.7. The number of nitrogens with zero attached hydrogens (tertiary/aromatic N) is 2. The van der Waals surface area contributed by atoms with Crippen molar-refractivity contribution in [1.29, 1.82) is 0 Å². The summed E-state index contributed by atoms with van der Waals surface area (Å²) in [5.74, 6) is 1.88. The van der Waals surface area contributed by atoms with Gasteiger partial charge in [0.1, 0.15) is 5.75 Å². The van der Waals surface area contributed by atoms with Crippen LogP contribution < -0.4 is 15.4 Å². The summed E-state index contributed by atoms with van der Waals surface area (Å²) in [5, 5.41) is 6.44. The van der Waals surface area contributed by atoms with Gasteiger partial charge in [-0.05, 0) is 31.9 Å². The van der Waals surface area contributed by atoms with E-state index in [2.05, 4.69) is 15.6 Å². The summed E-state index contributed by atoms with van der Waals surface area (Å²) in [6, 6.07) is 9.80. The third kappa shape index (κ3) is 8.73. The molecular formula is C19H31IN4O2. The molecule has 0 saturated carbocycles. The van der Waals surface area contributed by atoms with Crippen molar-refractivity contribution >= 4 is 35.8 Å². The Kier molecular flexibility index (Phi) is 11.8. The van der Waals surface area contributed by atoms with Crippen LogP contribution in [-0.4, -0.2) is 56.1 Å². The molecule has 0 aliphatic carbocycles. The molecule has 146 valence electrons. The lowest BCUT2D eigenvalue weighted by Crippen LogP contribution is -2.39. The molecule has 1 aliphatic rings. The first-order chi connectivity index (χ1) is 12.3. The maximum atomic E-state index is 12.0. The van der Waals surface area contributed by atoms with Crippen LogP contribution in [0.2, 0.25) is 0 Å². The second kappa shape index (κ2) is 13.7. The number of guanidine groups is 1. The Labute approximate surface area is 173 Å². The van der Waals surface area contributed by atoms with E-state index in [1.54, 1.807) is 0 Å². The molecule has 0 unspecified atom stereocenters. The lowest BCUT2D eigenvalue weighted by molar-refractivity contribution is -0.129. The highest BCUT2D eigenvalue weighted by Gasteiger charge is 2.17. The number of halogens is 1. The number of carbonyl (C=O) groups is 1. The molecule has 1 heterocycles. The molecule has 1 aromatic rings. The van der Waals surface area contributed by atoms with E-state index in [1.807, 2.05) is 42.2 Å². The molecule has 0 atom stereocenters. The van der Waals surface area contributed by atoms with Crippen molar-refractivity contribution in [3.8, 4) is 5.75 Å². The van der Waals surface area contributed by atoms with Gasteiger partial charge in [-0.15, -0.1) is 24.0 Å². The molecular weight excluding hydrogens is 443 g/mol. The highest BCUT2D eigenvalue weighted by atomic mass is 127. The van der Waals surface area contributed by atoms with Crippen LogP contribution in [0.15, 0.2) is 35.3 Å². The molecule has 2 N–H and O–H groups in total. The number of hydrogen-bond acceptors (Lipinski definition) is 3. The van der Waals surface area contributed by atoms with E-state index in [4.69, 9.17) is 4.74 Å². The van der Waals surface area contributed by atoms with E-state index in [9.17, 15) is 4.79 Å². The monoisotopic (exact) mass is 474 g/mol. The molecule has 0 aromatic heterocycles. The van der Waals surface area contributed by atoms with Gasteiger partial charge in [0, 0.05) is 45.6 Å². The molecule has 1 amide bonds. The van der Waals surface area contributed by atoms with E-state index < -0.39 is 0 Å². The number of rotatable bonds is 9. The summed E-state index contributed by atoms with van der Waals surface area (Å²) < 4.78 is 5.66. The molecule has 0 spiro atoms. The quantitative estimate of drug-likeness (QED) is 0.250. The van der Waals surface area contributed by atoms with E-state index in [1.165, 1.54) is 0 Å². The van der Waals surface area contributed by atoms with E-state index >= 15 is 0 Å². The highest BCUT2D eigenvalue weighted by Crippen LogP contribution is 2.09. The molecule has 0 radical (unpaired) electrons. The van der Waals surface area contributed by atoms with Crippen molar-refractivity contribution in [3.05, 3.63) is 30.3 Å². The van der Waals surface area contributed by atoms with Crippen LogP contribution in [0.5, 0.6) is 5.75 Å². The molecule has 2 rings (SSSR count). The van der Waals surface area contributed by atoms with Gasteiger partial charge in [0.2, 0.25) is 5.91 Å². The van der Waals surface area contributed by atoms with Gasteiger partial charge < -0.3 is 20.3 Å². The number of para-hydroxylation sites is 1. The minimum absolute atomic E-state index is 0. The predicted octanol–water partition coefficient (Wildman–Crippen LogP) is 2.64. The standard InChI is InChI=1S/C19H30N4O2.HI/c1-2-20-19(22-13-11-18(24)23-14-6-7-15-23)21-12-8-16-25-17-9-4-3-5-10-17;/h3-5,9-10H,2,6-8,11-16H2,1H3,(H2,20,21,22);1H. The molecule has 7 heteroatoms. The lowest BCUT2D eigenvalue weighted by atomic mass is 10.3. The number of carbonyl (C=O) groups excluding carboxylic acids is 1. The first-order valence-corrected chi connectivity index (χ1v) is 9.27. The van der Waals surface area contributed by atoms with Gasteiger partial charge >= 0.3 is 0 Å². The summed E-state index contributed by atoms with van der Waals surface area (Å²) in [4.78, 5) is 18.5. The largest absolute Gasteiger partial charge is 0.494 e. The number of benzene rings is 1. The number of aliphatic imine (C=N–C) groups is 1. The van der Waals surface area contributed by atoms with Crippen LogP contribution >= 0.6 is 24.0 Å². The molecule has 1 fully saturated rings. The molecule has 26 heavy (non-hydrogen) atoms. The average molecular weight is 474 g/mol. The number of nitrogens with one attached hydrogen (secondary N) is 2. The van der Waals surface area contributed by atoms with Crippen LogP contribution in [0.25, 0.3) is 0 Å². The number of likely N-dealkylation sites (tertiary alicyclic amines) is 1. The maximum Gasteiger partial charge on any atom is 0.224 e. The Bertz CT molecular complexity index is 534. The van der Waals surface area contributed by atoms with Crippen molar-refractivity contribution in [1.82, 2.24) is 15.5 Å². The zero-order valence-electron chi connectivity index (χ0n) is 15.6. The van der Waals surface area contributed by atoms with Gasteiger partial charge in [-0.25, -0.2) is 0 Å². The Morgan fingerprint density at radius 1 is 1.19 bits per heavy atom. The Hall–Kier alpha value is -1.51. The highest BCUT2D eigenvalue weighted by molar-refractivity contribution is 14.0. The molecule has 1 saturated heterocycles. The van der Waals surface area contributed by atoms with E-state index in [-0.39, 0.29) is 29.9 Å². The lowest BCUT2D eigenvalue weighted by Gasteiger charge is -2.16. The third-order valence-electron chi connectivity index (χ3n) is 4.02. The van der Waals surface area contributed by atoms with E-state index in [0.717, 1.165) is 50.6 Å². The van der Waals surface area contributed by atoms with Gasteiger partial charge in [-0.3, -0.25) is 9.79 Å². The van der Waals surface area contributed by atoms with Crippen molar-refractivity contribution in [2.45, 2.75) is 32.6 Å². The van der Waals surface area contributed by atoms with Gasteiger partial charge in [0.15, 0.2) is 5.96 Å². The zero-order valence-corrected chi connectivity index (χ0v) is 17.9. The molecule has 1 aliphatic heterocycles. The van der Waals surface area contributed by atoms with Crippen molar-refractivity contribution in [2.75, 3.05) is 39.3 Å². The predicted molar refractivity (Wildman–Crippen MR) is 116 cm³/mol. The molecule has 0 bridgehead atoms. The van der Waals surface area contributed by atoms with Crippen molar-refractivity contribution < 1.29 is 9.53 Å². The second-order valence-electron chi connectivity index (χ2n) is 6.04. The first-order valence-electron chi connectivity index (χ1n) is 9.27. The number of amides is 1. The van der Waals surface area contributed by atoms with Gasteiger partial charge in [-0.1, -0.05) is 18.2 Å². The summed E-state index contributed by atoms with van der Waals surface area (Å²) in [7, 11) is 0. The maximum absolute atomic E-state index is 12.0. The smallest absolute Gasteiger partial charge is 0.224 e. The topological polar surface area (TPSA) is 66.0 Å². The fraction of sp³-hybridized carbons (Fsp3) is 0.579. The average Bonchev–Trinajstić information content (AvgIpc) is 3.17. The van der Waals surface area contributed by atoms with E-state index in [0.29, 0.717) is 26.1 Å². The van der Waals surface area contributed by atoms with Crippen LogP contribution in [0.4, 0.5) is 0 Å². The van der Waals surface area contributed by atoms with Gasteiger partial charge in [0.05, 0.1) is 6.61 Å². The fourth-order valence-electron chi connectivity index (χ4n) is 2.72. The fourth-order valence-corrected chi connectivity index (χ4v) is 2.72. The number of hydrogen-bond donors (Lipinski definition) is 2. The van der Waals surface area contributed by atoms with Crippen LogP contribution in [0.1, 0.15) is 32.6 Å². The van der Waals surface area contributed by atoms with Gasteiger partial charge in [-0.2, -0.15) is 0 Å². The van der Waals surface area contributed by atoms with Crippen LogP contribution in [0.3, 0.4) is 0 Å². The second-order valence-corrected chi connectivity index (χ2v) is 6.04. The SMILES string of the molecule is CCNC(=NCCCOc1ccccc1)NCCC(=O)N1CCCC1.I. The van der Waals surface area contributed by atoms with Crippen molar-refractivity contribution in [2.24, 2.45) is 4.99 Å². The Morgan fingerprint density at radius 2 is 1.92 bits per heavy atom. The molecule has 6 nitrogen and oxygen atoms in total. The number of ether oxygens (including phenoxy) is 1. The minimum atomic E-state index is 0. The summed E-state index contributed by atoms with van der Waals surface area (Å²) >= 11 is 0. The summed E-state index contributed by atoms with van der Waals surface area (Å²) in [6.45, 7) is 6.59. The van der Waals surface area contributed by atoms with Crippen LogP contribution in [0, 0.1) is 0 Å². The Balaban J connectivity index is 0.00000338.